The van der Waals surface area contributed by atoms with Gasteiger partial charge in [-0.1, -0.05) is 25.3 Å². The van der Waals surface area contributed by atoms with Crippen molar-refractivity contribution in [1.29, 1.82) is 0 Å². The van der Waals surface area contributed by atoms with Crippen molar-refractivity contribution >= 4 is 5.97 Å². The van der Waals surface area contributed by atoms with Crippen LogP contribution in [0.15, 0.2) is 24.9 Å². The molecule has 2 rings (SSSR count). The highest BCUT2D eigenvalue weighted by Crippen LogP contribution is 2.29. The lowest BCUT2D eigenvalue weighted by Crippen LogP contribution is -2.30. The van der Waals surface area contributed by atoms with Gasteiger partial charge < -0.3 is 4.74 Å². The fourth-order valence-electron chi connectivity index (χ4n) is 2.92. The first-order valence-electron chi connectivity index (χ1n) is 7.94. The Morgan fingerprint density at radius 2 is 2.24 bits per heavy atom. The number of rotatable bonds is 6. The van der Waals surface area contributed by atoms with E-state index in [0.29, 0.717) is 19.1 Å². The van der Waals surface area contributed by atoms with Crippen molar-refractivity contribution in [3.05, 3.63) is 30.6 Å². The first kappa shape index (κ1) is 15.8. The van der Waals surface area contributed by atoms with Crippen molar-refractivity contribution < 1.29 is 9.53 Å². The molecule has 1 aromatic rings. The molecule has 0 aliphatic heterocycles. The van der Waals surface area contributed by atoms with Gasteiger partial charge in [0.25, 0.3) is 0 Å². The Morgan fingerprint density at radius 3 is 2.86 bits per heavy atom. The van der Waals surface area contributed by atoms with E-state index in [4.69, 9.17) is 4.74 Å². The summed E-state index contributed by atoms with van der Waals surface area (Å²) >= 11 is 0. The van der Waals surface area contributed by atoms with Crippen molar-refractivity contribution in [2.24, 2.45) is 5.41 Å². The maximum atomic E-state index is 12.1. The number of hydrogen-bond acceptors (Lipinski definition) is 3. The molecule has 0 bridgehead atoms. The molecule has 1 fully saturated rings. The van der Waals surface area contributed by atoms with E-state index in [2.05, 4.69) is 16.4 Å². The summed E-state index contributed by atoms with van der Waals surface area (Å²) in [5, 5.41) is 4.67. The molecule has 1 aromatic heterocycles. The van der Waals surface area contributed by atoms with Gasteiger partial charge in [-0.05, 0) is 32.8 Å². The van der Waals surface area contributed by atoms with Crippen molar-refractivity contribution in [3.63, 3.8) is 0 Å². The van der Waals surface area contributed by atoms with E-state index in [1.807, 2.05) is 26.1 Å². The molecular weight excluding hydrogens is 264 g/mol. The van der Waals surface area contributed by atoms with Crippen molar-refractivity contribution in [3.8, 4) is 0 Å². The Bertz CT molecular complexity index is 489. The van der Waals surface area contributed by atoms with Gasteiger partial charge in [0, 0.05) is 12.6 Å². The van der Waals surface area contributed by atoms with E-state index >= 15 is 0 Å². The van der Waals surface area contributed by atoms with Crippen LogP contribution in [0.5, 0.6) is 0 Å². The van der Waals surface area contributed by atoms with Crippen molar-refractivity contribution in [1.82, 2.24) is 9.78 Å². The molecule has 4 nitrogen and oxygen atoms in total. The number of carbonyl (C=O) groups is 1. The lowest BCUT2D eigenvalue weighted by molar-refractivity contribution is -0.151. The second kappa shape index (κ2) is 6.92. The zero-order chi connectivity index (χ0) is 15.3. The summed E-state index contributed by atoms with van der Waals surface area (Å²) in [6.07, 6.45) is 10.6. The quantitative estimate of drug-likeness (QED) is 0.593. The summed E-state index contributed by atoms with van der Waals surface area (Å²) in [6.45, 7) is 7.86. The highest BCUT2D eigenvalue weighted by molar-refractivity contribution is 5.78. The summed E-state index contributed by atoms with van der Waals surface area (Å²) in [6, 6.07) is 2.53. The fraction of sp³-hybridized carbons (Fsp3) is 0.647. The van der Waals surface area contributed by atoms with Crippen LogP contribution in [0.25, 0.3) is 0 Å². The molecule has 1 aliphatic rings. The van der Waals surface area contributed by atoms with Gasteiger partial charge in [-0.2, -0.15) is 5.10 Å². The maximum Gasteiger partial charge on any atom is 0.316 e. The lowest BCUT2D eigenvalue weighted by atomic mass is 9.86. The van der Waals surface area contributed by atoms with Gasteiger partial charge in [-0.15, -0.1) is 6.58 Å². The molecular formula is C17H26N2O2. The Labute approximate surface area is 127 Å². The lowest BCUT2D eigenvalue weighted by Gasteiger charge is -2.23. The highest BCUT2D eigenvalue weighted by atomic mass is 16.5. The normalized spacial score (nSPS) is 19.0. The number of hydrogen-bond donors (Lipinski definition) is 0. The van der Waals surface area contributed by atoms with Crippen LogP contribution in [0.3, 0.4) is 0 Å². The summed E-state index contributed by atoms with van der Waals surface area (Å²) in [4.78, 5) is 12.1. The molecule has 1 saturated carbocycles. The number of carbonyl (C=O) groups excluding carboxylic acids is 1. The van der Waals surface area contributed by atoms with Gasteiger partial charge in [0.05, 0.1) is 23.8 Å². The fourth-order valence-corrected chi connectivity index (χ4v) is 2.92. The second-order valence-electron chi connectivity index (χ2n) is 6.10. The number of ether oxygens (including phenoxy) is 1. The van der Waals surface area contributed by atoms with Crippen molar-refractivity contribution in [2.45, 2.75) is 58.4 Å². The minimum atomic E-state index is -0.707. The molecule has 0 spiro atoms. The van der Waals surface area contributed by atoms with Crippen LogP contribution < -0.4 is 0 Å². The molecule has 0 radical (unpaired) electrons. The first-order valence-corrected chi connectivity index (χ1v) is 7.94. The van der Waals surface area contributed by atoms with E-state index < -0.39 is 5.41 Å². The predicted molar refractivity (Wildman–Crippen MR) is 83.0 cm³/mol. The molecule has 21 heavy (non-hydrogen) atoms. The Balaban J connectivity index is 2.06. The average Bonchev–Trinajstić information content (AvgIpc) is 2.96. The van der Waals surface area contributed by atoms with E-state index in [1.165, 1.54) is 32.1 Å². The molecule has 1 heterocycles. The topological polar surface area (TPSA) is 44.1 Å². The number of nitrogens with zero attached hydrogens (tertiary/aromatic N) is 2. The minimum Gasteiger partial charge on any atom is -0.465 e. The summed E-state index contributed by atoms with van der Waals surface area (Å²) in [5.41, 5.74) is 0.220. The molecule has 4 heteroatoms. The zero-order valence-corrected chi connectivity index (χ0v) is 13.2. The summed E-state index contributed by atoms with van der Waals surface area (Å²) in [5.74, 6) is -0.229. The molecule has 1 atom stereocenters. The van der Waals surface area contributed by atoms with Crippen LogP contribution in [-0.2, 0) is 16.0 Å². The number of esters is 1. The van der Waals surface area contributed by atoms with E-state index in [1.54, 1.807) is 6.08 Å². The van der Waals surface area contributed by atoms with Gasteiger partial charge >= 0.3 is 5.97 Å². The monoisotopic (exact) mass is 290 g/mol. The smallest absolute Gasteiger partial charge is 0.316 e. The predicted octanol–water partition coefficient (Wildman–Crippen LogP) is 3.69. The molecule has 0 saturated heterocycles. The maximum absolute atomic E-state index is 12.1. The first-order chi connectivity index (χ1) is 10.1. The third kappa shape index (κ3) is 3.74. The summed E-state index contributed by atoms with van der Waals surface area (Å²) in [7, 11) is 0. The third-order valence-electron chi connectivity index (χ3n) is 4.35. The number of aromatic nitrogens is 2. The highest BCUT2D eigenvalue weighted by Gasteiger charge is 2.32. The van der Waals surface area contributed by atoms with Gasteiger partial charge in [0.15, 0.2) is 0 Å². The average molecular weight is 290 g/mol. The second-order valence-corrected chi connectivity index (χ2v) is 6.10. The van der Waals surface area contributed by atoms with E-state index in [0.717, 1.165) is 5.69 Å². The van der Waals surface area contributed by atoms with Gasteiger partial charge in [0.2, 0.25) is 0 Å². The SMILES string of the molecule is C=CC(C)(Cc1ccn(C2CCCCC2)n1)C(=O)OCC. The van der Waals surface area contributed by atoms with Gasteiger partial charge in [-0.25, -0.2) is 0 Å². The molecule has 1 aliphatic carbocycles. The van der Waals surface area contributed by atoms with E-state index in [9.17, 15) is 4.79 Å². The van der Waals surface area contributed by atoms with Crippen LogP contribution in [0.4, 0.5) is 0 Å². The molecule has 116 valence electrons. The summed E-state index contributed by atoms with van der Waals surface area (Å²) < 4.78 is 7.22. The standard InChI is InChI=1S/C17H26N2O2/c1-4-17(3,16(20)21-5-2)13-14-11-12-19(18-14)15-9-7-6-8-10-15/h4,11-12,15H,1,5-10,13H2,2-3H3. The van der Waals surface area contributed by atoms with Crippen LogP contribution in [0.2, 0.25) is 0 Å². The van der Waals surface area contributed by atoms with Gasteiger partial charge in [-0.3, -0.25) is 9.48 Å². The van der Waals surface area contributed by atoms with E-state index in [-0.39, 0.29) is 5.97 Å². The zero-order valence-electron chi connectivity index (χ0n) is 13.2. The molecule has 1 unspecified atom stereocenters. The molecule has 0 amide bonds. The van der Waals surface area contributed by atoms with Crippen LogP contribution in [0.1, 0.15) is 57.7 Å². The third-order valence-corrected chi connectivity index (χ3v) is 4.35. The largest absolute Gasteiger partial charge is 0.465 e. The van der Waals surface area contributed by atoms with Crippen LogP contribution in [-0.4, -0.2) is 22.4 Å². The van der Waals surface area contributed by atoms with Crippen LogP contribution >= 0.6 is 0 Å². The van der Waals surface area contributed by atoms with Gasteiger partial charge in [0.1, 0.15) is 0 Å². The molecule has 0 aromatic carbocycles. The molecule has 0 N–H and O–H groups in total. The minimum absolute atomic E-state index is 0.229. The van der Waals surface area contributed by atoms with Crippen molar-refractivity contribution in [2.75, 3.05) is 6.61 Å². The van der Waals surface area contributed by atoms with Crippen LogP contribution in [0, 0.1) is 5.41 Å². The Morgan fingerprint density at radius 1 is 1.52 bits per heavy atom. The Hall–Kier alpha value is -1.58. The Kier molecular flexibility index (Phi) is 5.21.